The second kappa shape index (κ2) is 7.34. The van der Waals surface area contributed by atoms with Crippen LogP contribution in [0.4, 0.5) is 0 Å². The molecule has 0 heterocycles. The van der Waals surface area contributed by atoms with E-state index in [1.54, 1.807) is 0 Å². The Bertz CT molecular complexity index is 103. The number of rotatable bonds is 7. The summed E-state index contributed by atoms with van der Waals surface area (Å²) in [6.07, 6.45) is 2.42. The highest BCUT2D eigenvalue weighted by Gasteiger charge is 2.26. The standard InChI is InChI=1S/C9H18Br2O/c1-3-5-9(6-10,7-11)8-12-4-2/h3-8H2,1-2H3. The van der Waals surface area contributed by atoms with E-state index in [2.05, 4.69) is 38.8 Å². The van der Waals surface area contributed by atoms with Gasteiger partial charge in [0.05, 0.1) is 6.61 Å². The average molecular weight is 302 g/mol. The monoisotopic (exact) mass is 300 g/mol. The summed E-state index contributed by atoms with van der Waals surface area (Å²) in [6, 6.07) is 0. The fourth-order valence-electron chi connectivity index (χ4n) is 1.17. The molecule has 0 bridgehead atoms. The van der Waals surface area contributed by atoms with Crippen molar-refractivity contribution in [2.45, 2.75) is 26.7 Å². The van der Waals surface area contributed by atoms with Crippen molar-refractivity contribution in [3.63, 3.8) is 0 Å². The Morgan fingerprint density at radius 3 is 2.08 bits per heavy atom. The minimum absolute atomic E-state index is 0.296. The van der Waals surface area contributed by atoms with Gasteiger partial charge in [-0.05, 0) is 13.3 Å². The Labute approximate surface area is 92.5 Å². The summed E-state index contributed by atoms with van der Waals surface area (Å²) in [4.78, 5) is 0. The molecule has 0 atom stereocenters. The molecule has 0 saturated heterocycles. The number of hydrogen-bond acceptors (Lipinski definition) is 1. The van der Waals surface area contributed by atoms with E-state index in [0.717, 1.165) is 23.9 Å². The maximum Gasteiger partial charge on any atom is 0.0538 e. The zero-order valence-electron chi connectivity index (χ0n) is 7.91. The molecule has 0 radical (unpaired) electrons. The molecule has 12 heavy (non-hydrogen) atoms. The molecule has 0 aromatic rings. The first-order chi connectivity index (χ1) is 5.74. The van der Waals surface area contributed by atoms with E-state index in [0.29, 0.717) is 5.41 Å². The molecule has 0 N–H and O–H groups in total. The molecule has 0 saturated carbocycles. The first-order valence-electron chi connectivity index (χ1n) is 4.44. The molecule has 0 aliphatic rings. The van der Waals surface area contributed by atoms with E-state index in [1.165, 1.54) is 12.8 Å². The zero-order chi connectivity index (χ0) is 9.45. The molecule has 0 aromatic carbocycles. The van der Waals surface area contributed by atoms with Crippen molar-refractivity contribution in [1.82, 2.24) is 0 Å². The normalized spacial score (nSPS) is 12.0. The van der Waals surface area contributed by atoms with Crippen molar-refractivity contribution in [3.8, 4) is 0 Å². The molecule has 74 valence electrons. The van der Waals surface area contributed by atoms with Crippen LogP contribution in [0.5, 0.6) is 0 Å². The summed E-state index contributed by atoms with van der Waals surface area (Å²) < 4.78 is 5.47. The SMILES string of the molecule is CCCC(CBr)(CBr)COCC. The molecule has 1 nitrogen and oxygen atoms in total. The highest BCUT2D eigenvalue weighted by molar-refractivity contribution is 9.09. The Balaban J connectivity index is 3.95. The molecule has 0 fully saturated rings. The lowest BCUT2D eigenvalue weighted by Crippen LogP contribution is -2.30. The molecular weight excluding hydrogens is 284 g/mol. The number of hydrogen-bond donors (Lipinski definition) is 0. The molecule has 0 aromatic heterocycles. The van der Waals surface area contributed by atoms with E-state index in [1.807, 2.05) is 6.92 Å². The van der Waals surface area contributed by atoms with Gasteiger partial charge in [-0.15, -0.1) is 0 Å². The summed E-state index contributed by atoms with van der Waals surface area (Å²) in [5.74, 6) is 0. The van der Waals surface area contributed by atoms with Crippen LogP contribution in [-0.2, 0) is 4.74 Å². The highest BCUT2D eigenvalue weighted by Crippen LogP contribution is 2.29. The smallest absolute Gasteiger partial charge is 0.0538 e. The maximum atomic E-state index is 5.47. The maximum absolute atomic E-state index is 5.47. The zero-order valence-corrected chi connectivity index (χ0v) is 11.1. The molecule has 0 amide bonds. The van der Waals surface area contributed by atoms with Crippen LogP contribution < -0.4 is 0 Å². The fraction of sp³-hybridized carbons (Fsp3) is 1.00. The summed E-state index contributed by atoms with van der Waals surface area (Å²) in [7, 11) is 0. The highest BCUT2D eigenvalue weighted by atomic mass is 79.9. The Kier molecular flexibility index (Phi) is 7.90. The minimum atomic E-state index is 0.296. The van der Waals surface area contributed by atoms with Crippen molar-refractivity contribution >= 4 is 31.9 Å². The average Bonchev–Trinajstić information content (AvgIpc) is 2.13. The van der Waals surface area contributed by atoms with Gasteiger partial charge in [-0.2, -0.15) is 0 Å². The lowest BCUT2D eigenvalue weighted by Gasteiger charge is -2.29. The number of halogens is 2. The van der Waals surface area contributed by atoms with Gasteiger partial charge >= 0.3 is 0 Å². The Morgan fingerprint density at radius 1 is 1.17 bits per heavy atom. The van der Waals surface area contributed by atoms with Crippen LogP contribution in [0.2, 0.25) is 0 Å². The van der Waals surface area contributed by atoms with E-state index in [-0.39, 0.29) is 0 Å². The van der Waals surface area contributed by atoms with E-state index in [4.69, 9.17) is 4.74 Å². The molecular formula is C9H18Br2O. The van der Waals surface area contributed by atoms with Crippen LogP contribution in [0.3, 0.4) is 0 Å². The van der Waals surface area contributed by atoms with Crippen molar-refractivity contribution in [3.05, 3.63) is 0 Å². The predicted octanol–water partition coefficient (Wildman–Crippen LogP) is 3.60. The largest absolute Gasteiger partial charge is 0.381 e. The predicted molar refractivity (Wildman–Crippen MR) is 61.4 cm³/mol. The van der Waals surface area contributed by atoms with Crippen LogP contribution >= 0.6 is 31.9 Å². The second-order valence-corrected chi connectivity index (χ2v) is 4.28. The van der Waals surface area contributed by atoms with Crippen molar-refractivity contribution in [2.24, 2.45) is 5.41 Å². The van der Waals surface area contributed by atoms with Crippen molar-refractivity contribution < 1.29 is 4.74 Å². The quantitative estimate of drug-likeness (QED) is 0.653. The van der Waals surface area contributed by atoms with Crippen molar-refractivity contribution in [1.29, 1.82) is 0 Å². The number of alkyl halides is 2. The third kappa shape index (κ3) is 4.24. The van der Waals surface area contributed by atoms with E-state index in [9.17, 15) is 0 Å². The number of ether oxygens (including phenoxy) is 1. The first kappa shape index (κ1) is 12.9. The fourth-order valence-corrected chi connectivity index (χ4v) is 2.98. The summed E-state index contributed by atoms with van der Waals surface area (Å²) in [5.41, 5.74) is 0.296. The lowest BCUT2D eigenvalue weighted by atomic mass is 9.89. The van der Waals surface area contributed by atoms with Gasteiger partial charge in [0.2, 0.25) is 0 Å². The minimum Gasteiger partial charge on any atom is -0.381 e. The van der Waals surface area contributed by atoms with E-state index >= 15 is 0 Å². The topological polar surface area (TPSA) is 9.23 Å². The van der Waals surface area contributed by atoms with Gasteiger partial charge in [-0.25, -0.2) is 0 Å². The van der Waals surface area contributed by atoms with Gasteiger partial charge in [0, 0.05) is 22.7 Å². The lowest BCUT2D eigenvalue weighted by molar-refractivity contribution is 0.0721. The molecule has 0 aliphatic heterocycles. The van der Waals surface area contributed by atoms with Crippen LogP contribution in [-0.4, -0.2) is 23.9 Å². The Hall–Kier alpha value is 0.920. The van der Waals surface area contributed by atoms with Gasteiger partial charge in [0.1, 0.15) is 0 Å². The van der Waals surface area contributed by atoms with Gasteiger partial charge in [0.15, 0.2) is 0 Å². The van der Waals surface area contributed by atoms with Crippen LogP contribution in [0.1, 0.15) is 26.7 Å². The third-order valence-corrected chi connectivity index (χ3v) is 4.34. The Morgan fingerprint density at radius 2 is 1.75 bits per heavy atom. The summed E-state index contributed by atoms with van der Waals surface area (Å²) >= 11 is 7.11. The summed E-state index contributed by atoms with van der Waals surface area (Å²) in [6.45, 7) is 5.92. The van der Waals surface area contributed by atoms with Gasteiger partial charge < -0.3 is 4.74 Å². The van der Waals surface area contributed by atoms with Crippen molar-refractivity contribution in [2.75, 3.05) is 23.9 Å². The second-order valence-electron chi connectivity index (χ2n) is 3.15. The molecule has 0 spiro atoms. The van der Waals surface area contributed by atoms with Crippen LogP contribution in [0.15, 0.2) is 0 Å². The van der Waals surface area contributed by atoms with Crippen LogP contribution in [0, 0.1) is 5.41 Å². The van der Waals surface area contributed by atoms with Gasteiger partial charge in [-0.1, -0.05) is 45.2 Å². The molecule has 0 aliphatic carbocycles. The summed E-state index contributed by atoms with van der Waals surface area (Å²) in [5, 5.41) is 2.03. The molecule has 0 unspecified atom stereocenters. The van der Waals surface area contributed by atoms with Gasteiger partial charge in [0.25, 0.3) is 0 Å². The van der Waals surface area contributed by atoms with Gasteiger partial charge in [-0.3, -0.25) is 0 Å². The molecule has 3 heteroatoms. The van der Waals surface area contributed by atoms with E-state index < -0.39 is 0 Å². The molecule has 0 rings (SSSR count). The van der Waals surface area contributed by atoms with Crippen LogP contribution in [0.25, 0.3) is 0 Å². The third-order valence-electron chi connectivity index (χ3n) is 1.96. The first-order valence-corrected chi connectivity index (χ1v) is 6.68.